The zero-order valence-corrected chi connectivity index (χ0v) is 22.5. The minimum absolute atomic E-state index is 0.159. The van der Waals surface area contributed by atoms with E-state index in [0.29, 0.717) is 5.56 Å². The molecule has 0 N–H and O–H groups in total. The molecule has 218 valence electrons. The summed E-state index contributed by atoms with van der Waals surface area (Å²) < 4.78 is 29.1. The molecule has 1 heterocycles. The molecule has 0 bridgehead atoms. The van der Waals surface area contributed by atoms with Gasteiger partial charge in [-0.1, -0.05) is 54.6 Å². The van der Waals surface area contributed by atoms with Crippen LogP contribution in [-0.2, 0) is 18.9 Å². The fourth-order valence-electron chi connectivity index (χ4n) is 4.32. The maximum atomic E-state index is 13.1. The van der Waals surface area contributed by atoms with Crippen LogP contribution in [0, 0.1) is 10.1 Å². The Labute approximate surface area is 245 Å². The Morgan fingerprint density at radius 1 is 0.651 bits per heavy atom. The normalized spacial score (nSPS) is 19.2. The molecule has 1 saturated heterocycles. The van der Waals surface area contributed by atoms with Gasteiger partial charge < -0.3 is 23.7 Å². The van der Waals surface area contributed by atoms with E-state index < -0.39 is 47.4 Å². The first kappa shape index (κ1) is 29.0. The second kappa shape index (κ2) is 13.4. The van der Waals surface area contributed by atoms with Crippen molar-refractivity contribution in [3.05, 3.63) is 142 Å². The van der Waals surface area contributed by atoms with Crippen molar-refractivity contribution in [1.29, 1.82) is 0 Å². The third-order valence-corrected chi connectivity index (χ3v) is 6.46. The number of nitro groups is 1. The summed E-state index contributed by atoms with van der Waals surface area (Å²) in [5.41, 5.74) is 0.593. The number of rotatable bonds is 10. The van der Waals surface area contributed by atoms with E-state index in [1.807, 2.05) is 0 Å². The molecule has 0 unspecified atom stereocenters. The maximum absolute atomic E-state index is 13.1. The fraction of sp³-hybridized carbons (Fsp3) is 0.156. The van der Waals surface area contributed by atoms with Crippen LogP contribution in [0.3, 0.4) is 0 Å². The maximum Gasteiger partial charge on any atom is 0.338 e. The first-order valence-electron chi connectivity index (χ1n) is 13.2. The highest BCUT2D eigenvalue weighted by atomic mass is 16.7. The summed E-state index contributed by atoms with van der Waals surface area (Å²) in [6, 6.07) is 29.8. The van der Waals surface area contributed by atoms with Crippen LogP contribution in [0.5, 0.6) is 5.75 Å². The number of ether oxygens (including phenoxy) is 5. The van der Waals surface area contributed by atoms with Gasteiger partial charge in [-0.25, -0.2) is 14.4 Å². The van der Waals surface area contributed by atoms with Crippen LogP contribution in [0.2, 0.25) is 0 Å². The van der Waals surface area contributed by atoms with Gasteiger partial charge in [-0.2, -0.15) is 0 Å². The smallest absolute Gasteiger partial charge is 0.338 e. The van der Waals surface area contributed by atoms with Gasteiger partial charge in [-0.15, -0.1) is 0 Å². The first-order valence-corrected chi connectivity index (χ1v) is 13.2. The second-order valence-electron chi connectivity index (χ2n) is 9.35. The Bertz CT molecular complexity index is 1560. The molecular formula is C32H25NO10. The summed E-state index contributed by atoms with van der Waals surface area (Å²) in [6.07, 6.45) is -5.05. The summed E-state index contributed by atoms with van der Waals surface area (Å²) in [7, 11) is 0. The van der Waals surface area contributed by atoms with Crippen molar-refractivity contribution in [2.45, 2.75) is 24.6 Å². The Kier molecular flexibility index (Phi) is 9.03. The second-order valence-corrected chi connectivity index (χ2v) is 9.35. The molecule has 1 aliphatic rings. The van der Waals surface area contributed by atoms with Crippen LogP contribution in [0.4, 0.5) is 5.69 Å². The lowest BCUT2D eigenvalue weighted by molar-refractivity contribution is -0.384. The van der Waals surface area contributed by atoms with Gasteiger partial charge in [0.25, 0.3) is 5.69 Å². The number of nitrogens with zero attached hydrogens (tertiary/aromatic N) is 1. The number of hydrogen-bond acceptors (Lipinski definition) is 10. The summed E-state index contributed by atoms with van der Waals surface area (Å²) in [5, 5.41) is 11.1. The van der Waals surface area contributed by atoms with Gasteiger partial charge >= 0.3 is 17.9 Å². The van der Waals surface area contributed by atoms with E-state index in [0.717, 1.165) is 0 Å². The molecule has 0 aromatic heterocycles. The van der Waals surface area contributed by atoms with Gasteiger partial charge in [0.15, 0.2) is 6.10 Å². The van der Waals surface area contributed by atoms with Gasteiger partial charge in [0.2, 0.25) is 12.4 Å². The van der Waals surface area contributed by atoms with Crippen LogP contribution in [0.25, 0.3) is 0 Å². The number of hydrogen-bond donors (Lipinski definition) is 0. The van der Waals surface area contributed by atoms with Gasteiger partial charge in [0.1, 0.15) is 18.5 Å². The number of carbonyl (C=O) groups is 3. The van der Waals surface area contributed by atoms with Crippen LogP contribution in [-0.4, -0.2) is 54.0 Å². The number of carbonyl (C=O) groups excluding carboxylic acids is 3. The van der Waals surface area contributed by atoms with Crippen molar-refractivity contribution in [3.63, 3.8) is 0 Å². The van der Waals surface area contributed by atoms with Crippen molar-refractivity contribution < 1.29 is 43.0 Å². The van der Waals surface area contributed by atoms with Crippen molar-refractivity contribution in [2.24, 2.45) is 0 Å². The molecule has 0 saturated carbocycles. The Hall–Kier alpha value is -5.55. The molecule has 4 aromatic rings. The molecule has 1 fully saturated rings. The Morgan fingerprint density at radius 3 is 1.60 bits per heavy atom. The average Bonchev–Trinajstić information content (AvgIpc) is 3.35. The predicted molar refractivity (Wildman–Crippen MR) is 150 cm³/mol. The SMILES string of the molecule is O=C(OC[C@H]1O[C@@H](Oc2ccc([N+](=O)[O-])cc2)[C@H](OC(=O)c2ccccc2)[C@@H]1OC(=O)c1ccccc1)c1ccccc1. The quantitative estimate of drug-likeness (QED) is 0.108. The number of non-ortho nitro benzene ring substituents is 1. The summed E-state index contributed by atoms with van der Waals surface area (Å²) in [4.78, 5) is 49.5. The zero-order valence-electron chi connectivity index (χ0n) is 22.5. The lowest BCUT2D eigenvalue weighted by Crippen LogP contribution is -2.43. The molecule has 5 rings (SSSR count). The molecule has 43 heavy (non-hydrogen) atoms. The molecule has 1 aliphatic heterocycles. The third-order valence-electron chi connectivity index (χ3n) is 6.46. The molecule has 0 aliphatic carbocycles. The van der Waals surface area contributed by atoms with Crippen LogP contribution in [0.1, 0.15) is 31.1 Å². The lowest BCUT2D eigenvalue weighted by Gasteiger charge is -2.24. The number of benzene rings is 4. The lowest BCUT2D eigenvalue weighted by atomic mass is 10.1. The standard InChI is InChI=1S/C32H25NO10/c34-29(21-10-4-1-5-11-21)39-20-26-27(42-30(35)22-12-6-2-7-13-22)28(43-31(36)23-14-8-3-9-15-23)32(41-26)40-25-18-16-24(17-19-25)33(37)38/h1-19,26-28,32H,20H2/t26-,27-,28-,32-/m1/s1. The number of nitro benzene ring substituents is 1. The topological polar surface area (TPSA) is 141 Å². The van der Waals surface area contributed by atoms with E-state index in [1.54, 1.807) is 91.0 Å². The fourth-order valence-corrected chi connectivity index (χ4v) is 4.32. The summed E-state index contributed by atoms with van der Waals surface area (Å²) in [6.45, 7) is -0.375. The first-order chi connectivity index (χ1) is 20.9. The highest BCUT2D eigenvalue weighted by Crippen LogP contribution is 2.31. The summed E-state index contributed by atoms with van der Waals surface area (Å²) in [5.74, 6) is -1.96. The van der Waals surface area contributed by atoms with Crippen molar-refractivity contribution in [1.82, 2.24) is 0 Å². The largest absolute Gasteiger partial charge is 0.461 e. The van der Waals surface area contributed by atoms with Gasteiger partial charge in [-0.05, 0) is 48.5 Å². The highest BCUT2D eigenvalue weighted by molar-refractivity contribution is 5.91. The average molecular weight is 584 g/mol. The molecule has 0 radical (unpaired) electrons. The third kappa shape index (κ3) is 7.21. The molecule has 0 spiro atoms. The van der Waals surface area contributed by atoms with Gasteiger partial charge in [0, 0.05) is 12.1 Å². The van der Waals surface area contributed by atoms with E-state index >= 15 is 0 Å². The predicted octanol–water partition coefficient (Wildman–Crippen LogP) is 5.01. The van der Waals surface area contributed by atoms with Gasteiger partial charge in [0.05, 0.1) is 21.6 Å². The summed E-state index contributed by atoms with van der Waals surface area (Å²) >= 11 is 0. The van der Waals surface area contributed by atoms with Crippen LogP contribution in [0.15, 0.2) is 115 Å². The van der Waals surface area contributed by atoms with Crippen molar-refractivity contribution >= 4 is 23.6 Å². The van der Waals surface area contributed by atoms with E-state index in [2.05, 4.69) is 0 Å². The van der Waals surface area contributed by atoms with E-state index in [9.17, 15) is 24.5 Å². The van der Waals surface area contributed by atoms with Crippen molar-refractivity contribution in [3.8, 4) is 5.75 Å². The molecule has 11 nitrogen and oxygen atoms in total. The highest BCUT2D eigenvalue weighted by Gasteiger charge is 2.52. The zero-order chi connectivity index (χ0) is 30.2. The van der Waals surface area contributed by atoms with Crippen LogP contribution >= 0.6 is 0 Å². The molecule has 11 heteroatoms. The van der Waals surface area contributed by atoms with E-state index in [1.165, 1.54) is 24.3 Å². The minimum atomic E-state index is -1.34. The van der Waals surface area contributed by atoms with E-state index in [-0.39, 0.29) is 29.2 Å². The van der Waals surface area contributed by atoms with E-state index in [4.69, 9.17) is 23.7 Å². The van der Waals surface area contributed by atoms with Crippen LogP contribution < -0.4 is 4.74 Å². The van der Waals surface area contributed by atoms with Crippen molar-refractivity contribution in [2.75, 3.05) is 6.61 Å². The molecular weight excluding hydrogens is 558 g/mol. The molecule has 4 atom stereocenters. The Morgan fingerprint density at radius 2 is 1.12 bits per heavy atom. The molecule has 0 amide bonds. The van der Waals surface area contributed by atoms with Gasteiger partial charge in [-0.3, -0.25) is 10.1 Å². The minimum Gasteiger partial charge on any atom is -0.461 e. The number of esters is 3. The molecule has 4 aromatic carbocycles. The monoisotopic (exact) mass is 583 g/mol. The Balaban J connectivity index is 1.44.